The SMILES string of the molecule is CN=C(NCC(=O)N(C)CC(F)(F)F)NCC(c1ccccc1OC)N1CCCC1.I. The highest BCUT2D eigenvalue weighted by molar-refractivity contribution is 14.0. The third-order valence-electron chi connectivity index (χ3n) is 5.02. The Morgan fingerprint density at radius 3 is 2.48 bits per heavy atom. The highest BCUT2D eigenvalue weighted by Gasteiger charge is 2.31. The lowest BCUT2D eigenvalue weighted by Gasteiger charge is -2.30. The first-order valence-electron chi connectivity index (χ1n) is 9.87. The highest BCUT2D eigenvalue weighted by atomic mass is 127. The second-order valence-corrected chi connectivity index (χ2v) is 7.17. The first-order chi connectivity index (χ1) is 14.2. The number of para-hydroxylation sites is 1. The number of carbonyl (C=O) groups is 1. The van der Waals surface area contributed by atoms with E-state index in [1.807, 2.05) is 24.3 Å². The molecule has 0 bridgehead atoms. The fourth-order valence-corrected chi connectivity index (χ4v) is 3.50. The Bertz CT molecular complexity index is 727. The number of likely N-dealkylation sites (tertiary alicyclic amines) is 1. The van der Waals surface area contributed by atoms with Crippen LogP contribution >= 0.6 is 24.0 Å². The Kier molecular flexibility index (Phi) is 11.4. The van der Waals surface area contributed by atoms with Crippen molar-refractivity contribution in [1.29, 1.82) is 0 Å². The zero-order chi connectivity index (χ0) is 22.1. The molecule has 7 nitrogen and oxygen atoms in total. The number of guanidine groups is 1. The Morgan fingerprint density at radius 1 is 1.26 bits per heavy atom. The minimum Gasteiger partial charge on any atom is -0.496 e. The minimum absolute atomic E-state index is 0. The van der Waals surface area contributed by atoms with Gasteiger partial charge in [0, 0.05) is 26.2 Å². The third kappa shape index (κ3) is 8.71. The Balaban J connectivity index is 0.00000480. The lowest BCUT2D eigenvalue weighted by Crippen LogP contribution is -2.47. The number of alkyl halides is 3. The number of methoxy groups -OCH3 is 1. The van der Waals surface area contributed by atoms with E-state index in [4.69, 9.17) is 4.74 Å². The second-order valence-electron chi connectivity index (χ2n) is 7.17. The number of likely N-dealkylation sites (N-methyl/N-ethyl adjacent to an activating group) is 1. The number of amides is 1. The number of carbonyl (C=O) groups excluding carboxylic acids is 1. The number of nitrogens with zero attached hydrogens (tertiary/aromatic N) is 3. The van der Waals surface area contributed by atoms with Crippen LogP contribution in [0.15, 0.2) is 29.3 Å². The van der Waals surface area contributed by atoms with Gasteiger partial charge in [-0.3, -0.25) is 14.7 Å². The largest absolute Gasteiger partial charge is 0.496 e. The van der Waals surface area contributed by atoms with Crippen molar-refractivity contribution >= 4 is 35.8 Å². The van der Waals surface area contributed by atoms with E-state index in [-0.39, 0.29) is 36.6 Å². The van der Waals surface area contributed by atoms with Crippen LogP contribution in [0.5, 0.6) is 5.75 Å². The summed E-state index contributed by atoms with van der Waals surface area (Å²) in [5, 5.41) is 5.98. The summed E-state index contributed by atoms with van der Waals surface area (Å²) in [7, 11) is 4.31. The summed E-state index contributed by atoms with van der Waals surface area (Å²) < 4.78 is 42.9. The van der Waals surface area contributed by atoms with Crippen molar-refractivity contribution in [3.05, 3.63) is 29.8 Å². The predicted octanol–water partition coefficient (Wildman–Crippen LogP) is 2.64. The molecule has 1 aliphatic heterocycles. The van der Waals surface area contributed by atoms with Crippen LogP contribution in [0.1, 0.15) is 24.4 Å². The molecule has 176 valence electrons. The van der Waals surface area contributed by atoms with Crippen LogP contribution < -0.4 is 15.4 Å². The molecule has 1 fully saturated rings. The first kappa shape index (κ1) is 27.3. The minimum atomic E-state index is -4.43. The maximum atomic E-state index is 12.4. The van der Waals surface area contributed by atoms with Gasteiger partial charge in [-0.15, -0.1) is 24.0 Å². The van der Waals surface area contributed by atoms with E-state index in [1.54, 1.807) is 14.2 Å². The molecule has 0 radical (unpaired) electrons. The van der Waals surface area contributed by atoms with E-state index >= 15 is 0 Å². The molecule has 1 heterocycles. The third-order valence-corrected chi connectivity index (χ3v) is 5.02. The Morgan fingerprint density at radius 2 is 1.90 bits per heavy atom. The van der Waals surface area contributed by atoms with Gasteiger partial charge >= 0.3 is 6.18 Å². The van der Waals surface area contributed by atoms with Crippen molar-refractivity contribution in [2.45, 2.75) is 25.1 Å². The van der Waals surface area contributed by atoms with Crippen molar-refractivity contribution in [2.24, 2.45) is 4.99 Å². The van der Waals surface area contributed by atoms with Crippen molar-refractivity contribution in [2.75, 3.05) is 53.9 Å². The molecule has 1 amide bonds. The van der Waals surface area contributed by atoms with Gasteiger partial charge in [-0.2, -0.15) is 13.2 Å². The van der Waals surface area contributed by atoms with Crippen LogP contribution in [0, 0.1) is 0 Å². The van der Waals surface area contributed by atoms with Crippen LogP contribution in [-0.4, -0.2) is 81.8 Å². The van der Waals surface area contributed by atoms with Gasteiger partial charge < -0.3 is 20.3 Å². The lowest BCUT2D eigenvalue weighted by atomic mass is 10.0. The van der Waals surface area contributed by atoms with Crippen LogP contribution in [0.25, 0.3) is 0 Å². The number of halogens is 4. The molecule has 1 atom stereocenters. The molecule has 2 rings (SSSR count). The molecule has 1 aromatic carbocycles. The van der Waals surface area contributed by atoms with Gasteiger partial charge in [-0.1, -0.05) is 18.2 Å². The quantitative estimate of drug-likeness (QED) is 0.293. The molecule has 0 saturated carbocycles. The zero-order valence-electron chi connectivity index (χ0n) is 18.0. The van der Waals surface area contributed by atoms with E-state index in [9.17, 15) is 18.0 Å². The Labute approximate surface area is 198 Å². The van der Waals surface area contributed by atoms with E-state index in [0.29, 0.717) is 17.4 Å². The molecule has 31 heavy (non-hydrogen) atoms. The van der Waals surface area contributed by atoms with Gasteiger partial charge in [0.2, 0.25) is 5.91 Å². The van der Waals surface area contributed by atoms with E-state index in [2.05, 4.69) is 20.5 Å². The molecule has 11 heteroatoms. The van der Waals surface area contributed by atoms with E-state index < -0.39 is 18.6 Å². The summed E-state index contributed by atoms with van der Waals surface area (Å²) in [5.74, 6) is 0.474. The van der Waals surface area contributed by atoms with Crippen LogP contribution in [-0.2, 0) is 4.79 Å². The molecule has 1 aliphatic rings. The van der Waals surface area contributed by atoms with Gasteiger partial charge in [0.25, 0.3) is 0 Å². The van der Waals surface area contributed by atoms with E-state index in [0.717, 1.165) is 44.3 Å². The van der Waals surface area contributed by atoms with Gasteiger partial charge in [0.05, 0.1) is 19.7 Å². The summed E-state index contributed by atoms with van der Waals surface area (Å²) in [6, 6.07) is 7.85. The number of ether oxygens (including phenoxy) is 1. The molecular weight excluding hydrogens is 526 g/mol. The standard InChI is InChI=1S/C20H30F3N5O2.HI/c1-24-19(26-13-18(29)27(2)14-20(21,22)23)25-12-16(28-10-6-7-11-28)15-8-4-5-9-17(15)30-3;/h4-5,8-9,16H,6-7,10-14H2,1-3H3,(H2,24,25,26);1H. The topological polar surface area (TPSA) is 69.2 Å². The van der Waals surface area contributed by atoms with Gasteiger partial charge in [0.15, 0.2) is 5.96 Å². The Hall–Kier alpha value is -1.76. The summed E-state index contributed by atoms with van der Waals surface area (Å²) in [4.78, 5) is 19.0. The van der Waals surface area contributed by atoms with Gasteiger partial charge in [-0.25, -0.2) is 0 Å². The number of hydrogen-bond acceptors (Lipinski definition) is 4. The zero-order valence-corrected chi connectivity index (χ0v) is 20.4. The smallest absolute Gasteiger partial charge is 0.406 e. The molecule has 1 saturated heterocycles. The molecule has 1 aromatic rings. The molecule has 1 unspecified atom stereocenters. The van der Waals surface area contributed by atoms with Crippen LogP contribution in [0.2, 0.25) is 0 Å². The van der Waals surface area contributed by atoms with Gasteiger partial charge in [0.1, 0.15) is 12.3 Å². The molecule has 0 spiro atoms. The second kappa shape index (κ2) is 12.9. The molecule has 0 aromatic heterocycles. The van der Waals surface area contributed by atoms with Crippen molar-refractivity contribution in [1.82, 2.24) is 20.4 Å². The van der Waals surface area contributed by atoms with Crippen LogP contribution in [0.3, 0.4) is 0 Å². The van der Waals surface area contributed by atoms with Gasteiger partial charge in [-0.05, 0) is 32.0 Å². The monoisotopic (exact) mass is 557 g/mol. The highest BCUT2D eigenvalue weighted by Crippen LogP contribution is 2.31. The lowest BCUT2D eigenvalue weighted by molar-refractivity contribution is -0.157. The first-order valence-corrected chi connectivity index (χ1v) is 9.87. The molecule has 2 N–H and O–H groups in total. The fraction of sp³-hybridized carbons (Fsp3) is 0.600. The maximum absolute atomic E-state index is 12.4. The number of nitrogens with one attached hydrogen (secondary N) is 2. The van der Waals surface area contributed by atoms with Crippen molar-refractivity contribution < 1.29 is 22.7 Å². The van der Waals surface area contributed by atoms with Crippen LogP contribution in [0.4, 0.5) is 13.2 Å². The number of aliphatic imine (C=N–C) groups is 1. The number of rotatable bonds is 8. The summed E-state index contributed by atoms with van der Waals surface area (Å²) in [6.07, 6.45) is -2.18. The summed E-state index contributed by atoms with van der Waals surface area (Å²) >= 11 is 0. The number of benzene rings is 1. The van der Waals surface area contributed by atoms with E-state index in [1.165, 1.54) is 0 Å². The molecular formula is C20H31F3IN5O2. The van der Waals surface area contributed by atoms with Crippen molar-refractivity contribution in [3.8, 4) is 5.75 Å². The summed E-state index contributed by atoms with van der Waals surface area (Å²) in [5.41, 5.74) is 1.05. The molecule has 0 aliphatic carbocycles. The maximum Gasteiger partial charge on any atom is 0.406 e. The average molecular weight is 557 g/mol. The normalized spacial score (nSPS) is 15.7. The number of hydrogen-bond donors (Lipinski definition) is 2. The summed E-state index contributed by atoms with van der Waals surface area (Å²) in [6.45, 7) is 0.876. The predicted molar refractivity (Wildman–Crippen MR) is 125 cm³/mol. The average Bonchev–Trinajstić information content (AvgIpc) is 3.23. The van der Waals surface area contributed by atoms with Crippen molar-refractivity contribution in [3.63, 3.8) is 0 Å². The fourth-order valence-electron chi connectivity index (χ4n) is 3.50.